The van der Waals surface area contributed by atoms with Crippen LogP contribution in [0.25, 0.3) is 0 Å². The van der Waals surface area contributed by atoms with Gasteiger partial charge < -0.3 is 20.4 Å². The van der Waals surface area contributed by atoms with Crippen LogP contribution in [0.2, 0.25) is 0 Å². The van der Waals surface area contributed by atoms with Crippen molar-refractivity contribution in [2.75, 3.05) is 10.6 Å². The number of benzene rings is 1. The maximum absolute atomic E-state index is 14.8. The number of anilines is 3. The maximum Gasteiger partial charge on any atom is 0.253 e. The molecule has 0 spiro atoms. The predicted octanol–water partition coefficient (Wildman–Crippen LogP) is 4.18. The van der Waals surface area contributed by atoms with Crippen molar-refractivity contribution in [3.05, 3.63) is 72.7 Å². The molecule has 1 aliphatic heterocycles. The highest BCUT2D eigenvalue weighted by Crippen LogP contribution is 2.39. The zero-order valence-corrected chi connectivity index (χ0v) is 17.8. The molecule has 0 aliphatic carbocycles. The highest BCUT2D eigenvalue weighted by atomic mass is 19.1. The van der Waals surface area contributed by atoms with Crippen LogP contribution in [0.1, 0.15) is 55.0 Å². The van der Waals surface area contributed by atoms with Gasteiger partial charge in [0.1, 0.15) is 28.7 Å². The molecule has 0 fully saturated rings. The van der Waals surface area contributed by atoms with Gasteiger partial charge in [0.25, 0.3) is 10.9 Å². The molecule has 3 aromatic rings. The van der Waals surface area contributed by atoms with E-state index < -0.39 is 16.7 Å². The molecule has 0 bridgehead atoms. The average molecular weight is 411 g/mol. The van der Waals surface area contributed by atoms with Crippen molar-refractivity contribution in [2.24, 2.45) is 5.41 Å². The minimum absolute atomic E-state index is 0.0920. The van der Waals surface area contributed by atoms with Crippen LogP contribution < -0.4 is 26.8 Å². The summed E-state index contributed by atoms with van der Waals surface area (Å²) in [6.07, 6.45) is 0. The number of hydrogen-bond acceptors (Lipinski definition) is 6. The molecule has 2 aromatic carbocycles. The van der Waals surface area contributed by atoms with Crippen LogP contribution in [-0.2, 0) is 13.1 Å². The molecule has 0 amide bonds. The molecular formula is C23H26FN3O3. The van der Waals surface area contributed by atoms with Crippen LogP contribution in [0.4, 0.5) is 21.5 Å². The van der Waals surface area contributed by atoms with E-state index in [0.29, 0.717) is 18.8 Å². The second-order valence-electron chi connectivity index (χ2n) is 9.04. The van der Waals surface area contributed by atoms with Crippen LogP contribution in [0.5, 0.6) is 0 Å². The van der Waals surface area contributed by atoms with Crippen molar-refractivity contribution < 1.29 is 8.81 Å². The summed E-state index contributed by atoms with van der Waals surface area (Å²) in [7, 11) is 0. The Labute approximate surface area is 174 Å². The summed E-state index contributed by atoms with van der Waals surface area (Å²) >= 11 is 0. The summed E-state index contributed by atoms with van der Waals surface area (Å²) in [5, 5.41) is 9.32. The number of hydrogen-bond donors (Lipinski definition) is 3. The molecule has 0 saturated heterocycles. The smallest absolute Gasteiger partial charge is 0.253 e. The molecule has 0 radical (unpaired) electrons. The summed E-state index contributed by atoms with van der Waals surface area (Å²) in [4.78, 5) is 24.7. The standard InChI is InChI=1S/C23H26FN3O3/c1-11-8-15(24)17(14-10-25-9-13(11)14)26-18-19(21(29)20(18)28)27-22(23(3,4)5)16-7-6-12(2)30-16/h6-8,22,25-27H,9-10H2,1-5H3/t22-/m0/s1. The Balaban J connectivity index is 1.71. The lowest BCUT2D eigenvalue weighted by Gasteiger charge is -2.31. The topological polar surface area (TPSA) is 83.4 Å². The average Bonchev–Trinajstić information content (AvgIpc) is 3.31. The Hall–Kier alpha value is -2.93. The normalized spacial score (nSPS) is 14.7. The van der Waals surface area contributed by atoms with Gasteiger partial charge in [0.2, 0.25) is 0 Å². The fraction of sp³-hybridized carbons (Fsp3) is 0.391. The molecule has 30 heavy (non-hydrogen) atoms. The van der Waals surface area contributed by atoms with E-state index >= 15 is 0 Å². The van der Waals surface area contributed by atoms with E-state index in [1.165, 1.54) is 6.07 Å². The monoisotopic (exact) mass is 411 g/mol. The van der Waals surface area contributed by atoms with Crippen molar-refractivity contribution >= 4 is 17.1 Å². The molecule has 0 unspecified atom stereocenters. The molecule has 0 saturated carbocycles. The van der Waals surface area contributed by atoms with Gasteiger partial charge in [-0.05, 0) is 54.2 Å². The van der Waals surface area contributed by atoms with E-state index in [1.807, 2.05) is 46.8 Å². The second-order valence-corrected chi connectivity index (χ2v) is 9.04. The van der Waals surface area contributed by atoms with Crippen molar-refractivity contribution in [1.82, 2.24) is 5.32 Å². The molecular weight excluding hydrogens is 385 g/mol. The van der Waals surface area contributed by atoms with Gasteiger partial charge in [-0.2, -0.15) is 0 Å². The van der Waals surface area contributed by atoms with E-state index in [1.54, 1.807) is 0 Å². The summed E-state index contributed by atoms with van der Waals surface area (Å²) < 4.78 is 20.5. The van der Waals surface area contributed by atoms with Crippen molar-refractivity contribution in [2.45, 2.75) is 53.8 Å². The van der Waals surface area contributed by atoms with Gasteiger partial charge >= 0.3 is 0 Å². The zero-order chi connectivity index (χ0) is 21.8. The molecule has 1 atom stereocenters. The number of halogens is 1. The SMILES string of the molecule is Cc1ccc([C@H](Nc2c(Nc3c(F)cc(C)c4c3CNC4)c(=O)c2=O)C(C)(C)C)o1. The van der Waals surface area contributed by atoms with Gasteiger partial charge in [-0.1, -0.05) is 20.8 Å². The molecule has 6 nitrogen and oxygen atoms in total. The van der Waals surface area contributed by atoms with Crippen LogP contribution >= 0.6 is 0 Å². The van der Waals surface area contributed by atoms with Crippen molar-refractivity contribution in [3.63, 3.8) is 0 Å². The lowest BCUT2D eigenvalue weighted by Crippen LogP contribution is -2.39. The Morgan fingerprint density at radius 1 is 1.03 bits per heavy atom. The summed E-state index contributed by atoms with van der Waals surface area (Å²) in [6.45, 7) is 10.9. The molecule has 2 heterocycles. The quantitative estimate of drug-likeness (QED) is 0.547. The molecule has 3 N–H and O–H groups in total. The number of aryl methyl sites for hydroxylation is 2. The number of fused-ring (bicyclic) bond motifs is 1. The maximum atomic E-state index is 14.8. The van der Waals surface area contributed by atoms with Crippen LogP contribution in [0, 0.1) is 25.1 Å². The lowest BCUT2D eigenvalue weighted by atomic mass is 9.84. The highest BCUT2D eigenvalue weighted by Gasteiger charge is 2.33. The van der Waals surface area contributed by atoms with Gasteiger partial charge in [-0.3, -0.25) is 9.59 Å². The van der Waals surface area contributed by atoms with Crippen molar-refractivity contribution in [1.29, 1.82) is 0 Å². The summed E-state index contributed by atoms with van der Waals surface area (Å²) in [5.41, 5.74) is 1.60. The van der Waals surface area contributed by atoms with E-state index in [9.17, 15) is 14.0 Å². The van der Waals surface area contributed by atoms with Gasteiger partial charge in [-0.25, -0.2) is 4.39 Å². The van der Waals surface area contributed by atoms with Crippen LogP contribution in [-0.4, -0.2) is 0 Å². The third-order valence-corrected chi connectivity index (χ3v) is 5.69. The molecule has 1 aliphatic rings. The first-order valence-corrected chi connectivity index (χ1v) is 10.0. The number of rotatable bonds is 5. The van der Waals surface area contributed by atoms with E-state index in [-0.39, 0.29) is 28.5 Å². The lowest BCUT2D eigenvalue weighted by molar-refractivity contribution is 0.300. The molecule has 158 valence electrons. The first kappa shape index (κ1) is 20.3. The Morgan fingerprint density at radius 2 is 1.70 bits per heavy atom. The second kappa shape index (κ2) is 7.09. The first-order chi connectivity index (χ1) is 14.1. The minimum atomic E-state index is -0.652. The van der Waals surface area contributed by atoms with Gasteiger partial charge in [0.05, 0.1) is 11.7 Å². The van der Waals surface area contributed by atoms with E-state index in [0.717, 1.165) is 22.5 Å². The zero-order valence-electron chi connectivity index (χ0n) is 17.8. The Kier molecular flexibility index (Phi) is 4.81. The fourth-order valence-electron chi connectivity index (χ4n) is 4.01. The number of nitrogens with one attached hydrogen (secondary N) is 3. The van der Waals surface area contributed by atoms with E-state index in [2.05, 4.69) is 16.0 Å². The van der Waals surface area contributed by atoms with Crippen LogP contribution in [0.3, 0.4) is 0 Å². The van der Waals surface area contributed by atoms with Crippen LogP contribution in [0.15, 0.2) is 32.2 Å². The predicted molar refractivity (Wildman–Crippen MR) is 116 cm³/mol. The molecule has 7 heteroatoms. The third kappa shape index (κ3) is 3.33. The van der Waals surface area contributed by atoms with Crippen molar-refractivity contribution in [3.8, 4) is 0 Å². The minimum Gasteiger partial charge on any atom is -0.464 e. The third-order valence-electron chi connectivity index (χ3n) is 5.69. The molecule has 4 rings (SSSR count). The largest absolute Gasteiger partial charge is 0.464 e. The molecule has 1 aromatic heterocycles. The first-order valence-electron chi connectivity index (χ1n) is 10.0. The highest BCUT2D eigenvalue weighted by molar-refractivity contribution is 5.81. The number of furan rings is 1. The summed E-state index contributed by atoms with van der Waals surface area (Å²) in [5.74, 6) is 0.989. The Bertz CT molecular complexity index is 1200. The van der Waals surface area contributed by atoms with Gasteiger partial charge in [0.15, 0.2) is 0 Å². The Morgan fingerprint density at radius 3 is 2.33 bits per heavy atom. The summed E-state index contributed by atoms with van der Waals surface area (Å²) in [6, 6.07) is 4.82. The van der Waals surface area contributed by atoms with Gasteiger partial charge in [0, 0.05) is 13.1 Å². The van der Waals surface area contributed by atoms with Gasteiger partial charge in [-0.15, -0.1) is 0 Å². The fourth-order valence-corrected chi connectivity index (χ4v) is 4.01. The van der Waals surface area contributed by atoms with E-state index in [4.69, 9.17) is 4.42 Å².